The predicted molar refractivity (Wildman–Crippen MR) is 91.9 cm³/mol. The van der Waals surface area contributed by atoms with Gasteiger partial charge in [0.15, 0.2) is 0 Å². The van der Waals surface area contributed by atoms with Crippen molar-refractivity contribution in [2.45, 2.75) is 53.0 Å². The van der Waals surface area contributed by atoms with E-state index in [1.165, 1.54) is 0 Å². The Morgan fingerprint density at radius 3 is 2.22 bits per heavy atom. The first-order valence-corrected chi connectivity index (χ1v) is 8.56. The van der Waals surface area contributed by atoms with Gasteiger partial charge in [-0.05, 0) is 32.3 Å². The van der Waals surface area contributed by atoms with Crippen LogP contribution in [0, 0.1) is 5.92 Å². The molecule has 128 valence electrons. The molecule has 0 aliphatic heterocycles. The van der Waals surface area contributed by atoms with Crippen LogP contribution < -0.4 is 0 Å². The molecule has 0 radical (unpaired) electrons. The zero-order valence-corrected chi connectivity index (χ0v) is 14.7. The number of benzene rings is 1. The Hall–Kier alpha value is -1.84. The fourth-order valence-electron chi connectivity index (χ4n) is 2.72. The van der Waals surface area contributed by atoms with Crippen molar-refractivity contribution in [1.82, 2.24) is 4.90 Å². The highest BCUT2D eigenvalue weighted by atomic mass is 16.5. The van der Waals surface area contributed by atoms with Gasteiger partial charge in [-0.15, -0.1) is 0 Å². The topological polar surface area (TPSA) is 46.6 Å². The van der Waals surface area contributed by atoms with Gasteiger partial charge in [0, 0.05) is 12.5 Å². The summed E-state index contributed by atoms with van der Waals surface area (Å²) in [5.74, 6) is -0.130. The Kier molecular flexibility index (Phi) is 8.38. The number of hydrogen-bond donors (Lipinski definition) is 0. The highest BCUT2D eigenvalue weighted by Crippen LogP contribution is 2.24. The van der Waals surface area contributed by atoms with Crippen molar-refractivity contribution in [2.75, 3.05) is 13.2 Å². The third-order valence-electron chi connectivity index (χ3n) is 4.23. The number of carbonyl (C=O) groups is 2. The number of amides is 1. The lowest BCUT2D eigenvalue weighted by atomic mass is 9.99. The van der Waals surface area contributed by atoms with Crippen molar-refractivity contribution >= 4 is 11.9 Å². The molecule has 4 nitrogen and oxygen atoms in total. The van der Waals surface area contributed by atoms with E-state index in [-0.39, 0.29) is 30.3 Å². The van der Waals surface area contributed by atoms with Crippen molar-refractivity contribution < 1.29 is 14.3 Å². The summed E-state index contributed by atoms with van der Waals surface area (Å²) in [6.45, 7) is 8.63. The van der Waals surface area contributed by atoms with Gasteiger partial charge in [-0.1, -0.05) is 44.2 Å². The molecule has 1 amide bonds. The molecule has 1 unspecified atom stereocenters. The molecule has 0 N–H and O–H groups in total. The van der Waals surface area contributed by atoms with Gasteiger partial charge >= 0.3 is 5.97 Å². The second-order valence-electron chi connectivity index (χ2n) is 5.69. The van der Waals surface area contributed by atoms with Crippen LogP contribution in [-0.4, -0.2) is 29.9 Å². The number of esters is 1. The number of nitrogens with zero attached hydrogens (tertiary/aromatic N) is 1. The van der Waals surface area contributed by atoms with Gasteiger partial charge in [-0.3, -0.25) is 9.59 Å². The third kappa shape index (κ3) is 5.70. The van der Waals surface area contributed by atoms with Crippen LogP contribution in [0.5, 0.6) is 0 Å². The molecule has 1 aromatic rings. The van der Waals surface area contributed by atoms with Crippen LogP contribution in [0.2, 0.25) is 0 Å². The van der Waals surface area contributed by atoms with Crippen molar-refractivity contribution in [3.05, 3.63) is 35.9 Å². The van der Waals surface area contributed by atoms with Gasteiger partial charge in [0.05, 0.1) is 19.1 Å². The summed E-state index contributed by atoms with van der Waals surface area (Å²) in [4.78, 5) is 26.4. The highest BCUT2D eigenvalue weighted by Gasteiger charge is 2.26. The lowest BCUT2D eigenvalue weighted by Crippen LogP contribution is -2.39. The molecule has 1 rings (SSSR count). The Morgan fingerprint density at radius 2 is 1.70 bits per heavy atom. The van der Waals surface area contributed by atoms with Gasteiger partial charge in [0.2, 0.25) is 5.91 Å². The van der Waals surface area contributed by atoms with E-state index in [9.17, 15) is 9.59 Å². The monoisotopic (exact) mass is 319 g/mol. The second kappa shape index (κ2) is 10.0. The van der Waals surface area contributed by atoms with Crippen molar-refractivity contribution in [1.29, 1.82) is 0 Å². The minimum Gasteiger partial charge on any atom is -0.466 e. The van der Waals surface area contributed by atoms with E-state index in [0.717, 1.165) is 18.4 Å². The average Bonchev–Trinajstić information content (AvgIpc) is 2.57. The van der Waals surface area contributed by atoms with E-state index in [4.69, 9.17) is 4.74 Å². The summed E-state index contributed by atoms with van der Waals surface area (Å²) < 4.78 is 4.99. The maximum Gasteiger partial charge on any atom is 0.307 e. The van der Waals surface area contributed by atoms with Crippen LogP contribution >= 0.6 is 0 Å². The SMILES string of the molecule is CCOC(=O)CCN(C(=O)C(CC)CC)C(C)c1ccccc1. The Bertz CT molecular complexity index is 483. The first-order valence-electron chi connectivity index (χ1n) is 8.56. The van der Waals surface area contributed by atoms with Gasteiger partial charge in [-0.2, -0.15) is 0 Å². The van der Waals surface area contributed by atoms with Gasteiger partial charge in [0.25, 0.3) is 0 Å². The second-order valence-corrected chi connectivity index (χ2v) is 5.69. The molecule has 0 heterocycles. The van der Waals surface area contributed by atoms with Crippen molar-refractivity contribution in [2.24, 2.45) is 5.92 Å². The largest absolute Gasteiger partial charge is 0.466 e. The average molecular weight is 319 g/mol. The van der Waals surface area contributed by atoms with Crippen LogP contribution in [-0.2, 0) is 14.3 Å². The summed E-state index contributed by atoms with van der Waals surface area (Å²) >= 11 is 0. The van der Waals surface area contributed by atoms with Gasteiger partial charge < -0.3 is 9.64 Å². The molecule has 0 saturated heterocycles. The maximum atomic E-state index is 12.9. The number of carbonyl (C=O) groups excluding carboxylic acids is 2. The molecule has 0 aliphatic carbocycles. The normalized spacial score (nSPS) is 12.0. The van der Waals surface area contributed by atoms with E-state index in [1.807, 2.05) is 56.0 Å². The molecule has 0 aliphatic rings. The third-order valence-corrected chi connectivity index (χ3v) is 4.23. The lowest BCUT2D eigenvalue weighted by molar-refractivity contribution is -0.145. The highest BCUT2D eigenvalue weighted by molar-refractivity contribution is 5.80. The fourth-order valence-corrected chi connectivity index (χ4v) is 2.72. The first-order chi connectivity index (χ1) is 11.0. The molecular weight excluding hydrogens is 290 g/mol. The summed E-state index contributed by atoms with van der Waals surface area (Å²) in [6, 6.07) is 9.87. The van der Waals surface area contributed by atoms with E-state index in [1.54, 1.807) is 6.92 Å². The quantitative estimate of drug-likeness (QED) is 0.647. The van der Waals surface area contributed by atoms with E-state index >= 15 is 0 Å². The van der Waals surface area contributed by atoms with E-state index in [2.05, 4.69) is 0 Å². The van der Waals surface area contributed by atoms with Gasteiger partial charge in [-0.25, -0.2) is 0 Å². The Balaban J connectivity index is 2.91. The molecule has 1 aromatic carbocycles. The Labute approximate surface area is 139 Å². The molecule has 1 atom stereocenters. The summed E-state index contributed by atoms with van der Waals surface area (Å²) in [7, 11) is 0. The van der Waals surface area contributed by atoms with Crippen LogP contribution in [0.15, 0.2) is 30.3 Å². The maximum absolute atomic E-state index is 12.9. The molecule has 0 aromatic heterocycles. The van der Waals surface area contributed by atoms with Crippen LogP contribution in [0.25, 0.3) is 0 Å². The molecule has 0 fully saturated rings. The summed E-state index contributed by atoms with van der Waals surface area (Å²) in [5.41, 5.74) is 1.08. The number of rotatable bonds is 9. The molecule has 0 bridgehead atoms. The Morgan fingerprint density at radius 1 is 1.09 bits per heavy atom. The molecule has 4 heteroatoms. The van der Waals surface area contributed by atoms with Crippen molar-refractivity contribution in [3.8, 4) is 0 Å². The molecule has 0 spiro atoms. The van der Waals surface area contributed by atoms with Gasteiger partial charge in [0.1, 0.15) is 0 Å². The number of ether oxygens (including phenoxy) is 1. The number of hydrogen-bond acceptors (Lipinski definition) is 3. The predicted octanol–water partition coefficient (Wildman–Crippen LogP) is 3.97. The zero-order valence-electron chi connectivity index (χ0n) is 14.7. The standard InChI is InChI=1S/C19H29NO3/c1-5-16(6-2)19(22)20(14-13-18(21)23-7-3)15(4)17-11-9-8-10-12-17/h8-12,15-16H,5-7,13-14H2,1-4H3. The summed E-state index contributed by atoms with van der Waals surface area (Å²) in [6.07, 6.45) is 1.86. The van der Waals surface area contributed by atoms with E-state index < -0.39 is 0 Å². The smallest absolute Gasteiger partial charge is 0.307 e. The van der Waals surface area contributed by atoms with Crippen molar-refractivity contribution in [3.63, 3.8) is 0 Å². The van der Waals surface area contributed by atoms with Crippen LogP contribution in [0.4, 0.5) is 0 Å². The molecular formula is C19H29NO3. The van der Waals surface area contributed by atoms with E-state index in [0.29, 0.717) is 13.2 Å². The molecule has 23 heavy (non-hydrogen) atoms. The zero-order chi connectivity index (χ0) is 17.2. The fraction of sp³-hybridized carbons (Fsp3) is 0.579. The minimum absolute atomic E-state index is 0.00311. The summed E-state index contributed by atoms with van der Waals surface area (Å²) in [5, 5.41) is 0. The molecule has 0 saturated carbocycles. The first kappa shape index (κ1) is 19.2. The lowest BCUT2D eigenvalue weighted by Gasteiger charge is -2.32. The van der Waals surface area contributed by atoms with Crippen LogP contribution in [0.3, 0.4) is 0 Å². The van der Waals surface area contributed by atoms with Crippen LogP contribution in [0.1, 0.15) is 58.6 Å². The minimum atomic E-state index is -0.255.